The molecule has 0 atom stereocenters. The van der Waals surface area contributed by atoms with Crippen LogP contribution in [0.25, 0.3) is 93.6 Å². The van der Waals surface area contributed by atoms with E-state index in [0.717, 1.165) is 27.5 Å². The van der Waals surface area contributed by atoms with Crippen molar-refractivity contribution in [2.45, 2.75) is 19.3 Å². The molecule has 8 aromatic carbocycles. The van der Waals surface area contributed by atoms with Gasteiger partial charge < -0.3 is 8.98 Å². The molecule has 0 unspecified atom stereocenters. The predicted molar refractivity (Wildman–Crippen MR) is 214 cm³/mol. The Morgan fingerprint density at radius 3 is 1.96 bits per heavy atom. The van der Waals surface area contributed by atoms with E-state index < -0.39 is 0 Å². The fraction of sp³-hybridized carbons (Fsp3) is 0.0612. The van der Waals surface area contributed by atoms with Gasteiger partial charge in [0.1, 0.15) is 11.2 Å². The average molecular weight is 652 g/mol. The monoisotopic (exact) mass is 651 g/mol. The van der Waals surface area contributed by atoms with Gasteiger partial charge in [-0.15, -0.1) is 0 Å². The Balaban J connectivity index is 1.15. The van der Waals surface area contributed by atoms with Crippen molar-refractivity contribution in [1.82, 2.24) is 4.57 Å². The first-order chi connectivity index (χ1) is 25.1. The molecular weight excluding hydrogens is 619 g/mol. The molecule has 0 bridgehead atoms. The van der Waals surface area contributed by atoms with Crippen LogP contribution in [0.2, 0.25) is 0 Å². The zero-order valence-electron chi connectivity index (χ0n) is 28.4. The van der Waals surface area contributed by atoms with Gasteiger partial charge in [0.25, 0.3) is 0 Å². The van der Waals surface area contributed by atoms with Gasteiger partial charge in [-0.05, 0) is 86.1 Å². The summed E-state index contributed by atoms with van der Waals surface area (Å²) in [6.07, 6.45) is 0. The van der Waals surface area contributed by atoms with Crippen LogP contribution in [-0.2, 0) is 5.41 Å². The summed E-state index contributed by atoms with van der Waals surface area (Å²) in [5.74, 6) is 0. The van der Waals surface area contributed by atoms with Crippen LogP contribution in [0.5, 0.6) is 0 Å². The van der Waals surface area contributed by atoms with E-state index in [9.17, 15) is 0 Å². The van der Waals surface area contributed by atoms with E-state index in [2.05, 4.69) is 182 Å². The smallest absolute Gasteiger partial charge is 0.136 e. The summed E-state index contributed by atoms with van der Waals surface area (Å²) < 4.78 is 9.07. The van der Waals surface area contributed by atoms with Crippen molar-refractivity contribution in [2.24, 2.45) is 0 Å². The molecule has 51 heavy (non-hydrogen) atoms. The lowest BCUT2D eigenvalue weighted by Gasteiger charge is -2.24. The van der Waals surface area contributed by atoms with Gasteiger partial charge in [0.05, 0.1) is 16.7 Å². The maximum Gasteiger partial charge on any atom is 0.136 e. The first kappa shape index (κ1) is 28.5. The van der Waals surface area contributed by atoms with Crippen LogP contribution >= 0.6 is 0 Å². The van der Waals surface area contributed by atoms with Gasteiger partial charge in [0.2, 0.25) is 0 Å². The van der Waals surface area contributed by atoms with Crippen LogP contribution in [0, 0.1) is 0 Å². The number of benzene rings is 8. The maximum absolute atomic E-state index is 6.53. The highest BCUT2D eigenvalue weighted by Crippen LogP contribution is 2.53. The maximum atomic E-state index is 6.53. The Hall–Kier alpha value is -6.38. The van der Waals surface area contributed by atoms with Gasteiger partial charge in [-0.2, -0.15) is 0 Å². The fourth-order valence-corrected chi connectivity index (χ4v) is 9.06. The van der Waals surface area contributed by atoms with E-state index >= 15 is 0 Å². The highest BCUT2D eigenvalue weighted by Gasteiger charge is 2.38. The van der Waals surface area contributed by atoms with Gasteiger partial charge in [-0.3, -0.25) is 0 Å². The highest BCUT2D eigenvalue weighted by atomic mass is 16.3. The van der Waals surface area contributed by atoms with E-state index in [1.165, 1.54) is 77.2 Å². The largest absolute Gasteiger partial charge is 0.456 e. The number of fused-ring (bicyclic) bond motifs is 11. The van der Waals surface area contributed by atoms with Crippen LogP contribution in [-0.4, -0.2) is 4.57 Å². The molecule has 10 aromatic rings. The van der Waals surface area contributed by atoms with Crippen LogP contribution < -0.4 is 0 Å². The topological polar surface area (TPSA) is 18.1 Å². The molecule has 0 fully saturated rings. The fourth-order valence-electron chi connectivity index (χ4n) is 9.06. The highest BCUT2D eigenvalue weighted by molar-refractivity contribution is 6.14. The molecule has 0 spiro atoms. The molecule has 0 amide bonds. The molecule has 2 nitrogen and oxygen atoms in total. The molecule has 1 aliphatic rings. The Labute approximate surface area is 295 Å². The van der Waals surface area contributed by atoms with Crippen molar-refractivity contribution in [3.63, 3.8) is 0 Å². The average Bonchev–Trinajstić information content (AvgIpc) is 3.78. The summed E-state index contributed by atoms with van der Waals surface area (Å²) in [7, 11) is 0. The zero-order valence-corrected chi connectivity index (χ0v) is 28.4. The van der Waals surface area contributed by atoms with Crippen molar-refractivity contribution in [3.8, 4) is 39.1 Å². The minimum absolute atomic E-state index is 0.155. The first-order valence-electron chi connectivity index (χ1n) is 17.8. The van der Waals surface area contributed by atoms with Crippen LogP contribution in [0.4, 0.5) is 0 Å². The zero-order chi connectivity index (χ0) is 33.8. The number of hydrogen-bond acceptors (Lipinski definition) is 1. The van der Waals surface area contributed by atoms with Crippen molar-refractivity contribution in [2.75, 3.05) is 0 Å². The van der Waals surface area contributed by atoms with Gasteiger partial charge in [-0.25, -0.2) is 0 Å². The second-order valence-corrected chi connectivity index (χ2v) is 14.5. The van der Waals surface area contributed by atoms with E-state index in [-0.39, 0.29) is 5.41 Å². The number of rotatable bonds is 3. The summed E-state index contributed by atoms with van der Waals surface area (Å²) in [6.45, 7) is 4.77. The third kappa shape index (κ3) is 3.93. The molecular formula is C49H33NO. The number of nitrogens with zero attached hydrogens (tertiary/aromatic N) is 1. The second-order valence-electron chi connectivity index (χ2n) is 14.5. The van der Waals surface area contributed by atoms with E-state index in [0.29, 0.717) is 0 Å². The standard InChI is InChI=1S/C49H33NO/c1-49(2)42-20-10-7-17-35(42)39-25-26-40-37-19-9-12-22-44(37)50(48(40)47(39)49)43-21-11-8-18-36(43)34-16-6-5-15-33(34)32-23-24-38-41-27-30-13-3-4-14-31(30)28-46(41)51-45(38)29-32/h3-29H,1-2H3. The molecule has 240 valence electrons. The number of aromatic nitrogens is 1. The summed E-state index contributed by atoms with van der Waals surface area (Å²) in [5.41, 5.74) is 15.5. The molecule has 2 heteroatoms. The molecule has 2 heterocycles. The van der Waals surface area contributed by atoms with Crippen LogP contribution in [0.3, 0.4) is 0 Å². The van der Waals surface area contributed by atoms with Gasteiger partial charge in [0.15, 0.2) is 0 Å². The summed E-state index contributed by atoms with van der Waals surface area (Å²) in [4.78, 5) is 0. The Bertz CT molecular complexity index is 3060. The van der Waals surface area contributed by atoms with Crippen molar-refractivity contribution < 1.29 is 4.42 Å². The third-order valence-corrected chi connectivity index (χ3v) is 11.4. The Morgan fingerprint density at radius 1 is 0.451 bits per heavy atom. The van der Waals surface area contributed by atoms with Gasteiger partial charge in [0, 0.05) is 32.5 Å². The number of furan rings is 1. The summed E-state index contributed by atoms with van der Waals surface area (Å²) >= 11 is 0. The Morgan fingerprint density at radius 2 is 1.10 bits per heavy atom. The van der Waals surface area contributed by atoms with Crippen LogP contribution in [0.1, 0.15) is 25.0 Å². The van der Waals surface area contributed by atoms with Crippen molar-refractivity contribution in [1.29, 1.82) is 0 Å². The lowest BCUT2D eigenvalue weighted by Crippen LogP contribution is -2.16. The molecule has 11 rings (SSSR count). The quantitative estimate of drug-likeness (QED) is 0.186. The summed E-state index contributed by atoms with van der Waals surface area (Å²) in [5, 5.41) is 7.26. The van der Waals surface area contributed by atoms with E-state index in [1.54, 1.807) is 0 Å². The molecule has 0 radical (unpaired) electrons. The molecule has 2 aromatic heterocycles. The molecule has 0 aliphatic heterocycles. The molecule has 0 saturated carbocycles. The molecule has 1 aliphatic carbocycles. The van der Waals surface area contributed by atoms with Gasteiger partial charge in [-0.1, -0.05) is 141 Å². The van der Waals surface area contributed by atoms with Crippen LogP contribution in [0.15, 0.2) is 168 Å². The second kappa shape index (κ2) is 10.3. The SMILES string of the molecule is CC1(C)c2ccccc2-c2ccc3c4ccccc4n(-c4ccccc4-c4ccccc4-c4ccc5c(c4)oc4cc6ccccc6cc45)c3c21. The lowest BCUT2D eigenvalue weighted by molar-refractivity contribution is 0.664. The van der Waals surface area contributed by atoms with E-state index in [4.69, 9.17) is 4.42 Å². The number of hydrogen-bond donors (Lipinski definition) is 0. The predicted octanol–water partition coefficient (Wildman–Crippen LogP) is 13.5. The molecule has 0 saturated heterocycles. The Kier molecular flexibility index (Phi) is 5.76. The van der Waals surface area contributed by atoms with Crippen molar-refractivity contribution >= 4 is 54.5 Å². The minimum Gasteiger partial charge on any atom is -0.456 e. The third-order valence-electron chi connectivity index (χ3n) is 11.4. The van der Waals surface area contributed by atoms with E-state index in [1.807, 2.05) is 0 Å². The number of para-hydroxylation sites is 2. The lowest BCUT2D eigenvalue weighted by atomic mass is 9.81. The normalized spacial score (nSPS) is 13.5. The van der Waals surface area contributed by atoms with Gasteiger partial charge >= 0.3 is 0 Å². The molecule has 0 N–H and O–H groups in total. The minimum atomic E-state index is -0.155. The summed E-state index contributed by atoms with van der Waals surface area (Å²) in [6, 6.07) is 59.8. The van der Waals surface area contributed by atoms with Crippen molar-refractivity contribution in [3.05, 3.63) is 175 Å². The first-order valence-corrected chi connectivity index (χ1v) is 17.8.